The molecule has 1 aliphatic carbocycles. The highest BCUT2D eigenvalue weighted by Gasteiger charge is 2.15. The number of carbonyl (C=O) groups excluding carboxylic acids is 1. The van der Waals surface area contributed by atoms with E-state index in [9.17, 15) is 4.79 Å². The van der Waals surface area contributed by atoms with E-state index in [1.165, 1.54) is 25.7 Å². The van der Waals surface area contributed by atoms with Crippen molar-refractivity contribution >= 4 is 5.97 Å². The summed E-state index contributed by atoms with van der Waals surface area (Å²) in [5.41, 5.74) is 0. The van der Waals surface area contributed by atoms with E-state index >= 15 is 0 Å². The van der Waals surface area contributed by atoms with Crippen LogP contribution in [-0.2, 0) is 9.53 Å². The molecule has 1 saturated carbocycles. The van der Waals surface area contributed by atoms with E-state index in [4.69, 9.17) is 4.74 Å². The van der Waals surface area contributed by atoms with Crippen LogP contribution in [0.2, 0.25) is 0 Å². The van der Waals surface area contributed by atoms with Crippen molar-refractivity contribution < 1.29 is 9.53 Å². The first-order valence-electron chi connectivity index (χ1n) is 5.57. The molecule has 0 aromatic heterocycles. The minimum absolute atomic E-state index is 0.203. The standard InChI is InChI=1S/C12H20O2/c1-3-14-12(13)9-8-11-6-4-10(2)5-7-11/h8-11H,3-7H2,1-2H3/b9-8+/t10-,11-. The Morgan fingerprint density at radius 3 is 2.57 bits per heavy atom. The lowest BCUT2D eigenvalue weighted by atomic mass is 9.83. The predicted octanol–water partition coefficient (Wildman–Crippen LogP) is 2.93. The molecule has 2 nitrogen and oxygen atoms in total. The third kappa shape index (κ3) is 3.95. The summed E-state index contributed by atoms with van der Waals surface area (Å²) in [5.74, 6) is 1.25. The lowest BCUT2D eigenvalue weighted by Crippen LogP contribution is -2.10. The summed E-state index contributed by atoms with van der Waals surface area (Å²) in [4.78, 5) is 11.0. The maximum absolute atomic E-state index is 11.0. The molecule has 1 rings (SSSR count). The molecule has 14 heavy (non-hydrogen) atoms. The molecule has 1 fully saturated rings. The lowest BCUT2D eigenvalue weighted by molar-refractivity contribution is -0.137. The molecule has 0 unspecified atom stereocenters. The molecule has 1 aliphatic rings. The summed E-state index contributed by atoms with van der Waals surface area (Å²) in [7, 11) is 0. The SMILES string of the molecule is CCOC(=O)/C=C/[C@H]1CC[C@H](C)CC1. The van der Waals surface area contributed by atoms with Crippen molar-refractivity contribution in [1.82, 2.24) is 0 Å². The number of esters is 1. The highest BCUT2D eigenvalue weighted by molar-refractivity contribution is 5.81. The minimum Gasteiger partial charge on any atom is -0.463 e. The number of rotatable bonds is 3. The summed E-state index contributed by atoms with van der Waals surface area (Å²) in [6, 6.07) is 0. The molecule has 0 aromatic carbocycles. The zero-order chi connectivity index (χ0) is 10.4. The van der Waals surface area contributed by atoms with E-state index in [-0.39, 0.29) is 5.97 Å². The minimum atomic E-state index is -0.203. The highest BCUT2D eigenvalue weighted by Crippen LogP contribution is 2.28. The monoisotopic (exact) mass is 196 g/mol. The van der Waals surface area contributed by atoms with E-state index < -0.39 is 0 Å². The van der Waals surface area contributed by atoms with Gasteiger partial charge in [0.05, 0.1) is 6.61 Å². The first-order valence-corrected chi connectivity index (χ1v) is 5.57. The molecule has 0 amide bonds. The zero-order valence-electron chi connectivity index (χ0n) is 9.16. The van der Waals surface area contributed by atoms with E-state index in [0.29, 0.717) is 12.5 Å². The molecule has 2 heteroatoms. The first kappa shape index (κ1) is 11.3. The van der Waals surface area contributed by atoms with Crippen molar-refractivity contribution in [2.45, 2.75) is 39.5 Å². The molecule has 0 heterocycles. The lowest BCUT2D eigenvalue weighted by Gasteiger charge is -2.23. The fourth-order valence-electron chi connectivity index (χ4n) is 1.88. The van der Waals surface area contributed by atoms with Crippen LogP contribution in [0.4, 0.5) is 0 Å². The summed E-state index contributed by atoms with van der Waals surface area (Å²) >= 11 is 0. The van der Waals surface area contributed by atoms with E-state index in [1.54, 1.807) is 6.08 Å². The van der Waals surface area contributed by atoms with E-state index in [0.717, 1.165) is 5.92 Å². The van der Waals surface area contributed by atoms with Crippen LogP contribution in [0.15, 0.2) is 12.2 Å². The summed E-state index contributed by atoms with van der Waals surface area (Å²) < 4.78 is 4.83. The van der Waals surface area contributed by atoms with Crippen molar-refractivity contribution in [3.05, 3.63) is 12.2 Å². The van der Waals surface area contributed by atoms with Crippen LogP contribution in [-0.4, -0.2) is 12.6 Å². The van der Waals surface area contributed by atoms with Gasteiger partial charge >= 0.3 is 5.97 Å². The summed E-state index contributed by atoms with van der Waals surface area (Å²) in [5, 5.41) is 0. The average molecular weight is 196 g/mol. The number of hydrogen-bond donors (Lipinski definition) is 0. The molecule has 0 saturated heterocycles. The van der Waals surface area contributed by atoms with Gasteiger partial charge in [0.1, 0.15) is 0 Å². The molecular weight excluding hydrogens is 176 g/mol. The predicted molar refractivity (Wildman–Crippen MR) is 56.9 cm³/mol. The van der Waals surface area contributed by atoms with Gasteiger partial charge in [-0.25, -0.2) is 4.79 Å². The number of allylic oxidation sites excluding steroid dienone is 1. The van der Waals surface area contributed by atoms with Crippen LogP contribution in [0.25, 0.3) is 0 Å². The quantitative estimate of drug-likeness (QED) is 0.512. The molecular formula is C12H20O2. The molecule has 0 aromatic rings. The number of hydrogen-bond acceptors (Lipinski definition) is 2. The van der Waals surface area contributed by atoms with E-state index in [1.807, 2.05) is 13.0 Å². The van der Waals surface area contributed by atoms with Crippen molar-refractivity contribution in [2.75, 3.05) is 6.61 Å². The highest BCUT2D eigenvalue weighted by atomic mass is 16.5. The Kier molecular flexibility index (Phi) is 4.71. The summed E-state index contributed by atoms with van der Waals surface area (Å²) in [6.45, 7) is 4.59. The average Bonchev–Trinajstić information content (AvgIpc) is 2.17. The Morgan fingerprint density at radius 1 is 1.36 bits per heavy atom. The molecule has 0 spiro atoms. The Hall–Kier alpha value is -0.790. The van der Waals surface area contributed by atoms with Crippen LogP contribution in [0, 0.1) is 11.8 Å². The van der Waals surface area contributed by atoms with Gasteiger partial charge in [-0.1, -0.05) is 25.8 Å². The number of ether oxygens (including phenoxy) is 1. The Balaban J connectivity index is 2.26. The third-order valence-corrected chi connectivity index (χ3v) is 2.85. The smallest absolute Gasteiger partial charge is 0.330 e. The maximum atomic E-state index is 11.0. The number of carbonyl (C=O) groups is 1. The van der Waals surface area contributed by atoms with Gasteiger partial charge < -0.3 is 4.74 Å². The Bertz CT molecular complexity index is 200. The first-order chi connectivity index (χ1) is 6.72. The van der Waals surface area contributed by atoms with Crippen molar-refractivity contribution in [3.63, 3.8) is 0 Å². The van der Waals surface area contributed by atoms with Crippen molar-refractivity contribution in [1.29, 1.82) is 0 Å². The van der Waals surface area contributed by atoms with Crippen LogP contribution in [0.1, 0.15) is 39.5 Å². The van der Waals surface area contributed by atoms with Crippen LogP contribution < -0.4 is 0 Å². The second-order valence-electron chi connectivity index (χ2n) is 4.13. The maximum Gasteiger partial charge on any atom is 0.330 e. The molecule has 0 aliphatic heterocycles. The Labute approximate surface area is 86.3 Å². The largest absolute Gasteiger partial charge is 0.463 e. The molecule has 0 bridgehead atoms. The van der Waals surface area contributed by atoms with Gasteiger partial charge in [0.25, 0.3) is 0 Å². The fraction of sp³-hybridized carbons (Fsp3) is 0.750. The molecule has 0 N–H and O–H groups in total. The van der Waals surface area contributed by atoms with E-state index in [2.05, 4.69) is 6.92 Å². The van der Waals surface area contributed by atoms with Gasteiger partial charge in [-0.2, -0.15) is 0 Å². The topological polar surface area (TPSA) is 26.3 Å². The van der Waals surface area contributed by atoms with Crippen LogP contribution in [0.3, 0.4) is 0 Å². The third-order valence-electron chi connectivity index (χ3n) is 2.85. The van der Waals surface area contributed by atoms with Gasteiger partial charge in [-0.3, -0.25) is 0 Å². The Morgan fingerprint density at radius 2 is 2.00 bits per heavy atom. The molecule has 80 valence electrons. The van der Waals surface area contributed by atoms with Gasteiger partial charge in [-0.05, 0) is 31.6 Å². The second kappa shape index (κ2) is 5.84. The van der Waals surface area contributed by atoms with Crippen molar-refractivity contribution in [2.24, 2.45) is 11.8 Å². The molecule has 0 atom stereocenters. The summed E-state index contributed by atoms with van der Waals surface area (Å²) in [6.07, 6.45) is 8.62. The zero-order valence-corrected chi connectivity index (χ0v) is 9.16. The van der Waals surface area contributed by atoms with Crippen LogP contribution in [0.5, 0.6) is 0 Å². The van der Waals surface area contributed by atoms with Gasteiger partial charge in [0.15, 0.2) is 0 Å². The van der Waals surface area contributed by atoms with Gasteiger partial charge in [0.2, 0.25) is 0 Å². The van der Waals surface area contributed by atoms with Gasteiger partial charge in [0, 0.05) is 6.08 Å². The second-order valence-corrected chi connectivity index (χ2v) is 4.13. The fourth-order valence-corrected chi connectivity index (χ4v) is 1.88. The van der Waals surface area contributed by atoms with Crippen molar-refractivity contribution in [3.8, 4) is 0 Å². The normalized spacial score (nSPS) is 27.9. The van der Waals surface area contributed by atoms with Crippen LogP contribution >= 0.6 is 0 Å². The molecule has 0 radical (unpaired) electrons. The van der Waals surface area contributed by atoms with Gasteiger partial charge in [-0.15, -0.1) is 0 Å².